The zero-order valence-corrected chi connectivity index (χ0v) is 22.9. The highest BCUT2D eigenvalue weighted by atomic mass is 19.1. The van der Waals surface area contributed by atoms with Gasteiger partial charge >= 0.3 is 0 Å². The van der Waals surface area contributed by atoms with Gasteiger partial charge in [-0.3, -0.25) is 4.79 Å². The third kappa shape index (κ3) is 4.32. The fraction of sp³-hybridized carbons (Fsp3) is 0.0909. The van der Waals surface area contributed by atoms with Crippen molar-refractivity contribution in [2.24, 2.45) is 9.98 Å². The molecule has 0 fully saturated rings. The third-order valence-electron chi connectivity index (χ3n) is 7.31. The number of rotatable bonds is 4. The van der Waals surface area contributed by atoms with Crippen LogP contribution in [0.2, 0.25) is 0 Å². The van der Waals surface area contributed by atoms with E-state index in [4.69, 9.17) is 15.1 Å². The summed E-state index contributed by atoms with van der Waals surface area (Å²) >= 11 is 0. The Morgan fingerprint density at radius 3 is 2.29 bits per heavy atom. The highest BCUT2D eigenvalue weighted by Crippen LogP contribution is 2.48. The number of fused-ring (bicyclic) bond motifs is 4. The number of halogens is 1. The number of aryl methyl sites for hydroxylation is 1. The van der Waals surface area contributed by atoms with Crippen molar-refractivity contribution in [2.45, 2.75) is 19.9 Å². The second-order valence-corrected chi connectivity index (χ2v) is 10.1. The topological polar surface area (TPSA) is 86.9 Å². The largest absolute Gasteiger partial charge is 0.337 e. The molecule has 3 heterocycles. The van der Waals surface area contributed by atoms with Crippen LogP contribution in [-0.2, 0) is 4.79 Å². The first kappa shape index (κ1) is 25.4. The van der Waals surface area contributed by atoms with Crippen molar-refractivity contribution in [2.75, 3.05) is 15.5 Å². The predicted molar refractivity (Wildman–Crippen MR) is 164 cm³/mol. The molecule has 9 heteroatoms. The predicted octanol–water partition coefficient (Wildman–Crippen LogP) is 7.07. The van der Waals surface area contributed by atoms with E-state index >= 15 is 4.39 Å². The first-order chi connectivity index (χ1) is 20.5. The Balaban J connectivity index is 1.44. The number of carbonyl (C=O) groups excluding carboxylic acids is 1. The van der Waals surface area contributed by atoms with Gasteiger partial charge in [0.2, 0.25) is 5.91 Å². The standard InChI is InChI=1S/C33H26FN7O/c1-20-29-30(25-12-6-7-13-26(25)34)40-28-15-9-8-14-27(28)37-31(36-23-18-16-22(17-19-23)35-21(2)42)33(40)38-32(29)41(39-20)24-10-4-3-5-11-24/h3-19,30H,1-2H3,(H,35,42)(H,36,37)/t30-/m0/s1. The number of aliphatic imine (C=N–C) groups is 2. The van der Waals surface area contributed by atoms with Crippen LogP contribution < -0.4 is 15.5 Å². The van der Waals surface area contributed by atoms with E-state index in [9.17, 15) is 4.79 Å². The summed E-state index contributed by atoms with van der Waals surface area (Å²) in [5, 5.41) is 11.1. The molecule has 206 valence electrons. The number of anilines is 3. The van der Waals surface area contributed by atoms with Crippen LogP contribution in [0.3, 0.4) is 0 Å². The van der Waals surface area contributed by atoms with Crippen LogP contribution in [0, 0.1) is 12.7 Å². The summed E-state index contributed by atoms with van der Waals surface area (Å²) in [7, 11) is 0. The van der Waals surface area contributed by atoms with Crippen molar-refractivity contribution < 1.29 is 9.18 Å². The fourth-order valence-electron chi connectivity index (χ4n) is 5.51. The van der Waals surface area contributed by atoms with Gasteiger partial charge < -0.3 is 15.5 Å². The molecule has 0 unspecified atom stereocenters. The first-order valence-corrected chi connectivity index (χ1v) is 13.6. The Hall–Kier alpha value is -5.57. The normalized spacial score (nSPS) is 15.1. The number of benzene rings is 4. The highest BCUT2D eigenvalue weighted by molar-refractivity contribution is 6.51. The van der Waals surface area contributed by atoms with E-state index in [0.717, 1.165) is 34.0 Å². The zero-order chi connectivity index (χ0) is 28.8. The van der Waals surface area contributed by atoms with Crippen LogP contribution in [0.15, 0.2) is 113 Å². The number of carbonyl (C=O) groups is 1. The third-order valence-corrected chi connectivity index (χ3v) is 7.31. The Morgan fingerprint density at radius 1 is 0.833 bits per heavy atom. The zero-order valence-electron chi connectivity index (χ0n) is 22.9. The Kier molecular flexibility index (Phi) is 6.12. The minimum absolute atomic E-state index is 0.142. The van der Waals surface area contributed by atoms with Gasteiger partial charge in [0.15, 0.2) is 17.5 Å². The number of aromatic nitrogens is 2. The van der Waals surface area contributed by atoms with E-state index in [1.54, 1.807) is 6.07 Å². The molecule has 2 aliphatic rings. The summed E-state index contributed by atoms with van der Waals surface area (Å²) in [6, 6.07) is 31.2. The average Bonchev–Trinajstić information content (AvgIpc) is 3.33. The number of amides is 1. The molecule has 8 nitrogen and oxygen atoms in total. The maximum absolute atomic E-state index is 15.7. The minimum atomic E-state index is -0.554. The molecule has 0 radical (unpaired) electrons. The van der Waals surface area contributed by atoms with Gasteiger partial charge in [-0.2, -0.15) is 5.10 Å². The summed E-state index contributed by atoms with van der Waals surface area (Å²) in [6.45, 7) is 3.41. The van der Waals surface area contributed by atoms with Crippen LogP contribution >= 0.6 is 0 Å². The smallest absolute Gasteiger partial charge is 0.221 e. The van der Waals surface area contributed by atoms with Crippen molar-refractivity contribution in [3.8, 4) is 5.69 Å². The van der Waals surface area contributed by atoms with Crippen LogP contribution in [0.1, 0.15) is 29.8 Å². The second kappa shape index (κ2) is 10.1. The van der Waals surface area contributed by atoms with E-state index in [2.05, 4.69) is 10.6 Å². The minimum Gasteiger partial charge on any atom is -0.337 e. The van der Waals surface area contributed by atoms with Gasteiger partial charge in [-0.25, -0.2) is 19.1 Å². The van der Waals surface area contributed by atoms with Crippen molar-refractivity contribution >= 4 is 46.1 Å². The van der Waals surface area contributed by atoms with E-state index in [1.807, 2.05) is 108 Å². The summed E-state index contributed by atoms with van der Waals surface area (Å²) in [5.41, 5.74) is 5.93. The van der Waals surface area contributed by atoms with E-state index < -0.39 is 6.04 Å². The molecule has 1 atom stereocenters. The Labute approximate surface area is 241 Å². The summed E-state index contributed by atoms with van der Waals surface area (Å²) in [4.78, 5) is 23.7. The molecular weight excluding hydrogens is 529 g/mol. The molecule has 5 aromatic rings. The Morgan fingerprint density at radius 2 is 1.52 bits per heavy atom. The van der Waals surface area contributed by atoms with Gasteiger partial charge in [-0.05, 0) is 61.5 Å². The lowest BCUT2D eigenvalue weighted by Gasteiger charge is -2.40. The molecule has 0 saturated heterocycles. The van der Waals surface area contributed by atoms with Crippen LogP contribution in [0.4, 0.5) is 33.0 Å². The fourth-order valence-corrected chi connectivity index (χ4v) is 5.51. The number of nitrogens with zero attached hydrogens (tertiary/aromatic N) is 5. The van der Waals surface area contributed by atoms with Gasteiger partial charge in [-0.1, -0.05) is 48.5 Å². The number of hydrogen-bond donors (Lipinski definition) is 2. The first-order valence-electron chi connectivity index (χ1n) is 13.6. The highest BCUT2D eigenvalue weighted by Gasteiger charge is 2.42. The molecule has 0 aliphatic carbocycles. The molecular formula is C33H26FN7O. The number of para-hydroxylation sites is 3. The number of nitrogens with one attached hydrogen (secondary N) is 2. The maximum atomic E-state index is 15.7. The lowest BCUT2D eigenvalue weighted by Crippen LogP contribution is -2.46. The average molecular weight is 556 g/mol. The van der Waals surface area contributed by atoms with Crippen molar-refractivity contribution in [3.05, 3.63) is 126 Å². The van der Waals surface area contributed by atoms with Crippen LogP contribution in [-0.4, -0.2) is 27.4 Å². The molecule has 0 bridgehead atoms. The van der Waals surface area contributed by atoms with E-state index in [-0.39, 0.29) is 11.7 Å². The number of hydrogen-bond acceptors (Lipinski definition) is 6. The van der Waals surface area contributed by atoms with Gasteiger partial charge in [0, 0.05) is 29.4 Å². The van der Waals surface area contributed by atoms with Crippen molar-refractivity contribution in [1.82, 2.24) is 9.78 Å². The SMILES string of the molecule is CC(=O)Nc1ccc(NC2=Nc3ccccc3N3C2=Nc2c(c(C)nn2-c2ccccc2)[C@@H]3c2ccccc2F)cc1. The van der Waals surface area contributed by atoms with Gasteiger partial charge in [-0.15, -0.1) is 0 Å². The Bertz CT molecular complexity index is 1890. The van der Waals surface area contributed by atoms with Crippen molar-refractivity contribution in [3.63, 3.8) is 0 Å². The molecule has 2 N–H and O–H groups in total. The summed E-state index contributed by atoms with van der Waals surface area (Å²) in [6.07, 6.45) is 0. The second-order valence-electron chi connectivity index (χ2n) is 10.1. The monoisotopic (exact) mass is 555 g/mol. The molecule has 0 spiro atoms. The molecule has 42 heavy (non-hydrogen) atoms. The van der Waals surface area contributed by atoms with Gasteiger partial charge in [0.25, 0.3) is 0 Å². The van der Waals surface area contributed by atoms with Crippen LogP contribution in [0.5, 0.6) is 0 Å². The van der Waals surface area contributed by atoms with Gasteiger partial charge in [0.1, 0.15) is 5.82 Å². The lowest BCUT2D eigenvalue weighted by molar-refractivity contribution is -0.114. The maximum Gasteiger partial charge on any atom is 0.221 e. The molecule has 7 rings (SSSR count). The van der Waals surface area contributed by atoms with Crippen molar-refractivity contribution in [1.29, 1.82) is 0 Å². The summed E-state index contributed by atoms with van der Waals surface area (Å²) in [5.74, 6) is 1.21. The molecule has 2 aliphatic heterocycles. The lowest BCUT2D eigenvalue weighted by atomic mass is 9.93. The quantitative estimate of drug-likeness (QED) is 0.248. The molecule has 1 amide bonds. The summed E-state index contributed by atoms with van der Waals surface area (Å²) < 4.78 is 17.5. The van der Waals surface area contributed by atoms with E-state index in [0.29, 0.717) is 28.7 Å². The molecule has 4 aromatic carbocycles. The molecule has 0 saturated carbocycles. The van der Waals surface area contributed by atoms with Crippen LogP contribution in [0.25, 0.3) is 5.69 Å². The number of amidine groups is 2. The molecule has 1 aromatic heterocycles. The van der Waals surface area contributed by atoms with Gasteiger partial charge in [0.05, 0.1) is 28.8 Å². The van der Waals surface area contributed by atoms with E-state index in [1.165, 1.54) is 13.0 Å².